The van der Waals surface area contributed by atoms with Crippen LogP contribution in [0.1, 0.15) is 25.0 Å². The average molecular weight is 180 g/mol. The van der Waals surface area contributed by atoms with E-state index in [1.807, 2.05) is 13.0 Å². The van der Waals surface area contributed by atoms with E-state index in [9.17, 15) is 9.18 Å². The number of benzene rings is 1. The summed E-state index contributed by atoms with van der Waals surface area (Å²) in [6.45, 7) is 3.41. The van der Waals surface area contributed by atoms with Crippen LogP contribution in [-0.2, 0) is 17.6 Å². The average Bonchev–Trinajstić information content (AvgIpc) is 2.03. The molecule has 0 atom stereocenters. The van der Waals surface area contributed by atoms with Crippen LogP contribution in [0.3, 0.4) is 0 Å². The summed E-state index contributed by atoms with van der Waals surface area (Å²) in [7, 11) is 0. The van der Waals surface area contributed by atoms with E-state index in [-0.39, 0.29) is 11.6 Å². The smallest absolute Gasteiger partial charge is 0.134 e. The molecule has 0 radical (unpaired) electrons. The van der Waals surface area contributed by atoms with Gasteiger partial charge in [-0.1, -0.05) is 19.1 Å². The van der Waals surface area contributed by atoms with Gasteiger partial charge >= 0.3 is 0 Å². The zero-order chi connectivity index (χ0) is 9.84. The molecule has 13 heavy (non-hydrogen) atoms. The number of aryl methyl sites for hydroxylation is 1. The lowest BCUT2D eigenvalue weighted by atomic mass is 10.1. The largest absolute Gasteiger partial charge is 0.300 e. The Balaban J connectivity index is 2.89. The van der Waals surface area contributed by atoms with E-state index < -0.39 is 0 Å². The molecule has 1 aromatic rings. The fourth-order valence-corrected chi connectivity index (χ4v) is 1.27. The third kappa shape index (κ3) is 2.65. The van der Waals surface area contributed by atoms with Crippen LogP contribution >= 0.6 is 0 Å². The van der Waals surface area contributed by atoms with Gasteiger partial charge in [-0.25, -0.2) is 4.39 Å². The number of hydrogen-bond acceptors (Lipinski definition) is 1. The number of hydrogen-bond donors (Lipinski definition) is 0. The molecule has 0 aliphatic heterocycles. The van der Waals surface area contributed by atoms with E-state index in [2.05, 4.69) is 0 Å². The first-order chi connectivity index (χ1) is 6.13. The van der Waals surface area contributed by atoms with Crippen molar-refractivity contribution >= 4 is 5.78 Å². The molecule has 1 rings (SSSR count). The summed E-state index contributed by atoms with van der Waals surface area (Å²) in [6.07, 6.45) is 1.01. The van der Waals surface area contributed by atoms with Gasteiger partial charge in [0, 0.05) is 6.42 Å². The van der Waals surface area contributed by atoms with E-state index in [0.29, 0.717) is 18.4 Å². The van der Waals surface area contributed by atoms with Crippen molar-refractivity contribution in [1.29, 1.82) is 0 Å². The molecule has 1 nitrogen and oxygen atoms in total. The minimum absolute atomic E-state index is 0.0589. The summed E-state index contributed by atoms with van der Waals surface area (Å²) in [4.78, 5) is 10.8. The second kappa shape index (κ2) is 4.17. The molecule has 0 N–H and O–H groups in total. The molecular formula is C11H13FO. The van der Waals surface area contributed by atoms with Crippen molar-refractivity contribution in [2.24, 2.45) is 0 Å². The van der Waals surface area contributed by atoms with Crippen molar-refractivity contribution in [2.45, 2.75) is 26.7 Å². The second-order valence-corrected chi connectivity index (χ2v) is 3.16. The Kier molecular flexibility index (Phi) is 3.18. The molecule has 0 fully saturated rings. The topological polar surface area (TPSA) is 17.1 Å². The van der Waals surface area contributed by atoms with Gasteiger partial charge < -0.3 is 0 Å². The highest BCUT2D eigenvalue weighted by Crippen LogP contribution is 2.11. The highest BCUT2D eigenvalue weighted by atomic mass is 19.1. The van der Waals surface area contributed by atoms with Gasteiger partial charge in [-0.15, -0.1) is 0 Å². The molecule has 0 amide bonds. The van der Waals surface area contributed by atoms with Crippen molar-refractivity contribution in [1.82, 2.24) is 0 Å². The van der Waals surface area contributed by atoms with Crippen LogP contribution in [-0.4, -0.2) is 5.78 Å². The summed E-state index contributed by atoms with van der Waals surface area (Å²) in [5.74, 6) is -0.148. The van der Waals surface area contributed by atoms with E-state index in [4.69, 9.17) is 0 Å². The third-order valence-corrected chi connectivity index (χ3v) is 1.95. The maximum Gasteiger partial charge on any atom is 0.134 e. The maximum absolute atomic E-state index is 13.2. The molecule has 70 valence electrons. The first-order valence-corrected chi connectivity index (χ1v) is 4.40. The van der Waals surface area contributed by atoms with Crippen LogP contribution < -0.4 is 0 Å². The molecule has 1 aromatic carbocycles. The van der Waals surface area contributed by atoms with Crippen molar-refractivity contribution in [3.63, 3.8) is 0 Å². The van der Waals surface area contributed by atoms with Gasteiger partial charge in [-0.05, 0) is 30.5 Å². The fraction of sp³-hybridized carbons (Fsp3) is 0.364. The normalized spacial score (nSPS) is 10.1. The summed E-state index contributed by atoms with van der Waals surface area (Å²) in [5.41, 5.74) is 1.45. The summed E-state index contributed by atoms with van der Waals surface area (Å²) in [5, 5.41) is 0. The van der Waals surface area contributed by atoms with Gasteiger partial charge in [-0.2, -0.15) is 0 Å². The summed E-state index contributed by atoms with van der Waals surface area (Å²) < 4.78 is 13.2. The zero-order valence-electron chi connectivity index (χ0n) is 7.93. The van der Waals surface area contributed by atoms with E-state index in [1.165, 1.54) is 13.0 Å². The summed E-state index contributed by atoms with van der Waals surface area (Å²) in [6, 6.07) is 5.00. The van der Waals surface area contributed by atoms with Crippen molar-refractivity contribution < 1.29 is 9.18 Å². The SMILES string of the molecule is CCc1ccc(CC(C)=O)cc1F. The molecule has 0 heterocycles. The van der Waals surface area contributed by atoms with Gasteiger partial charge in [0.2, 0.25) is 0 Å². The molecule has 0 aliphatic rings. The highest BCUT2D eigenvalue weighted by Gasteiger charge is 2.02. The second-order valence-electron chi connectivity index (χ2n) is 3.16. The van der Waals surface area contributed by atoms with Crippen LogP contribution in [0.5, 0.6) is 0 Å². The number of Topliss-reactive ketones (excluding diaryl/α,β-unsaturated/α-hetero) is 1. The number of carbonyl (C=O) groups is 1. The zero-order valence-corrected chi connectivity index (χ0v) is 7.93. The molecule has 0 spiro atoms. The molecule has 0 saturated carbocycles. The Morgan fingerprint density at radius 3 is 2.62 bits per heavy atom. The lowest BCUT2D eigenvalue weighted by Crippen LogP contribution is -1.98. The number of rotatable bonds is 3. The predicted molar refractivity (Wildman–Crippen MR) is 50.2 cm³/mol. The Bertz CT molecular complexity index is 318. The number of halogens is 1. The fourth-order valence-electron chi connectivity index (χ4n) is 1.27. The third-order valence-electron chi connectivity index (χ3n) is 1.95. The first-order valence-electron chi connectivity index (χ1n) is 4.40. The Morgan fingerprint density at radius 2 is 2.15 bits per heavy atom. The van der Waals surface area contributed by atoms with Crippen molar-refractivity contribution in [3.8, 4) is 0 Å². The Morgan fingerprint density at radius 1 is 1.46 bits per heavy atom. The van der Waals surface area contributed by atoms with E-state index in [0.717, 1.165) is 5.56 Å². The van der Waals surface area contributed by atoms with Crippen LogP contribution in [0.4, 0.5) is 4.39 Å². The lowest BCUT2D eigenvalue weighted by molar-refractivity contribution is -0.116. The number of carbonyl (C=O) groups excluding carboxylic acids is 1. The molecule has 2 heteroatoms. The Labute approximate surface area is 77.6 Å². The van der Waals surface area contributed by atoms with Crippen LogP contribution in [0, 0.1) is 5.82 Å². The first kappa shape index (κ1) is 9.90. The Hall–Kier alpha value is -1.18. The van der Waals surface area contributed by atoms with Gasteiger partial charge in [0.25, 0.3) is 0 Å². The van der Waals surface area contributed by atoms with Gasteiger partial charge in [-0.3, -0.25) is 4.79 Å². The molecular weight excluding hydrogens is 167 g/mol. The van der Waals surface area contributed by atoms with E-state index >= 15 is 0 Å². The molecule has 0 unspecified atom stereocenters. The standard InChI is InChI=1S/C11H13FO/c1-3-10-5-4-9(6-8(2)13)7-11(10)12/h4-5,7H,3,6H2,1-2H3. The quantitative estimate of drug-likeness (QED) is 0.698. The van der Waals surface area contributed by atoms with Gasteiger partial charge in [0.1, 0.15) is 11.6 Å². The minimum atomic E-state index is -0.207. The van der Waals surface area contributed by atoms with E-state index in [1.54, 1.807) is 6.07 Å². The maximum atomic E-state index is 13.2. The van der Waals surface area contributed by atoms with Crippen LogP contribution in [0.15, 0.2) is 18.2 Å². The van der Waals surface area contributed by atoms with Crippen LogP contribution in [0.2, 0.25) is 0 Å². The molecule has 0 bridgehead atoms. The van der Waals surface area contributed by atoms with Crippen molar-refractivity contribution in [2.75, 3.05) is 0 Å². The molecule has 0 aliphatic carbocycles. The predicted octanol–water partition coefficient (Wildman–Crippen LogP) is 2.52. The minimum Gasteiger partial charge on any atom is -0.300 e. The van der Waals surface area contributed by atoms with Crippen LogP contribution in [0.25, 0.3) is 0 Å². The monoisotopic (exact) mass is 180 g/mol. The molecule has 0 saturated heterocycles. The van der Waals surface area contributed by atoms with Gasteiger partial charge in [0.05, 0.1) is 0 Å². The summed E-state index contributed by atoms with van der Waals surface area (Å²) >= 11 is 0. The van der Waals surface area contributed by atoms with Gasteiger partial charge in [0.15, 0.2) is 0 Å². The number of ketones is 1. The molecule has 0 aromatic heterocycles. The lowest BCUT2D eigenvalue weighted by Gasteiger charge is -2.02. The highest BCUT2D eigenvalue weighted by molar-refractivity contribution is 5.78. The van der Waals surface area contributed by atoms with Crippen molar-refractivity contribution in [3.05, 3.63) is 35.1 Å².